The molecule has 0 radical (unpaired) electrons. The summed E-state index contributed by atoms with van der Waals surface area (Å²) >= 11 is 5.94. The second-order valence-electron chi connectivity index (χ2n) is 11.2. The van der Waals surface area contributed by atoms with Crippen molar-refractivity contribution in [3.8, 4) is 0 Å². The van der Waals surface area contributed by atoms with Gasteiger partial charge in [0.15, 0.2) is 11.6 Å². The van der Waals surface area contributed by atoms with Gasteiger partial charge in [-0.15, -0.1) is 0 Å². The standard InChI is InChI=1S/C27H33ClN6O/c1-25(2,3)23-33-24(35-34-23)27-10-7-26(8-11-27,9-12-27)17-32-20-6-4-5-18(13-20)21(14-29)22-30-15-19(28)16-31-22/h4-6,13-16,32H,7-12,17,29H2,1-3H3. The van der Waals surface area contributed by atoms with Crippen LogP contribution >= 0.6 is 11.6 Å². The van der Waals surface area contributed by atoms with Gasteiger partial charge in [-0.2, -0.15) is 4.98 Å². The molecule has 8 heteroatoms. The molecule has 0 amide bonds. The van der Waals surface area contributed by atoms with Gasteiger partial charge in [-0.3, -0.25) is 0 Å². The van der Waals surface area contributed by atoms with Crippen LogP contribution in [0.5, 0.6) is 0 Å². The zero-order valence-corrected chi connectivity index (χ0v) is 21.4. The molecule has 3 fully saturated rings. The van der Waals surface area contributed by atoms with E-state index in [-0.39, 0.29) is 10.8 Å². The van der Waals surface area contributed by atoms with Gasteiger partial charge in [0.05, 0.1) is 5.02 Å². The van der Waals surface area contributed by atoms with E-state index in [2.05, 4.69) is 53.3 Å². The van der Waals surface area contributed by atoms with Gasteiger partial charge < -0.3 is 15.6 Å². The average molecular weight is 493 g/mol. The molecule has 2 aromatic heterocycles. The highest BCUT2D eigenvalue weighted by atomic mass is 35.5. The van der Waals surface area contributed by atoms with E-state index in [1.807, 2.05) is 12.1 Å². The van der Waals surface area contributed by atoms with E-state index in [1.165, 1.54) is 19.3 Å². The summed E-state index contributed by atoms with van der Waals surface area (Å²) in [5, 5.41) is 8.50. The summed E-state index contributed by atoms with van der Waals surface area (Å²) in [5.41, 5.74) is 9.01. The normalized spacial score (nSPS) is 24.5. The topological polar surface area (TPSA) is 103 Å². The van der Waals surface area contributed by atoms with Gasteiger partial charge in [-0.1, -0.05) is 49.7 Å². The summed E-state index contributed by atoms with van der Waals surface area (Å²) in [6.07, 6.45) is 11.5. The first-order valence-electron chi connectivity index (χ1n) is 12.3. The Hall–Kier alpha value is -2.93. The second kappa shape index (κ2) is 8.94. The van der Waals surface area contributed by atoms with Crippen LogP contribution in [0.4, 0.5) is 5.69 Å². The van der Waals surface area contributed by atoms with Gasteiger partial charge >= 0.3 is 0 Å². The molecule has 6 rings (SSSR count). The highest BCUT2D eigenvalue weighted by molar-refractivity contribution is 6.30. The van der Waals surface area contributed by atoms with Gasteiger partial charge in [-0.25, -0.2) is 9.97 Å². The monoisotopic (exact) mass is 492 g/mol. The minimum Gasteiger partial charge on any atom is -0.404 e. The third kappa shape index (κ3) is 4.66. The maximum absolute atomic E-state index is 5.94. The van der Waals surface area contributed by atoms with Crippen LogP contribution in [0.1, 0.15) is 82.4 Å². The molecule has 0 aliphatic heterocycles. The Morgan fingerprint density at radius 3 is 2.40 bits per heavy atom. The summed E-state index contributed by atoms with van der Waals surface area (Å²) in [6, 6.07) is 8.25. The van der Waals surface area contributed by atoms with Crippen LogP contribution < -0.4 is 11.1 Å². The number of nitrogens with zero attached hydrogens (tertiary/aromatic N) is 4. The van der Waals surface area contributed by atoms with E-state index in [0.29, 0.717) is 16.3 Å². The molecule has 3 aliphatic carbocycles. The lowest BCUT2D eigenvalue weighted by Crippen LogP contribution is -2.47. The van der Waals surface area contributed by atoms with E-state index in [4.69, 9.17) is 26.8 Å². The zero-order chi connectivity index (χ0) is 24.7. The average Bonchev–Trinajstić information content (AvgIpc) is 3.38. The molecule has 2 heterocycles. The number of hydrogen-bond acceptors (Lipinski definition) is 7. The lowest BCUT2D eigenvalue weighted by Gasteiger charge is -2.52. The molecule has 3 aliphatic rings. The Morgan fingerprint density at radius 1 is 1.11 bits per heavy atom. The minimum absolute atomic E-state index is 0.0531. The number of rotatable bonds is 6. The smallest absolute Gasteiger partial charge is 0.232 e. The summed E-state index contributed by atoms with van der Waals surface area (Å²) in [6.45, 7) is 7.33. The van der Waals surface area contributed by atoms with Gasteiger partial charge in [-0.05, 0) is 61.6 Å². The first-order valence-corrected chi connectivity index (χ1v) is 12.7. The molecule has 1 aromatic carbocycles. The molecule has 0 atom stereocenters. The number of benzene rings is 1. The third-order valence-corrected chi connectivity index (χ3v) is 8.02. The fourth-order valence-corrected chi connectivity index (χ4v) is 5.53. The van der Waals surface area contributed by atoms with Crippen LogP contribution in [0.3, 0.4) is 0 Å². The summed E-state index contributed by atoms with van der Waals surface area (Å²) in [7, 11) is 0. The van der Waals surface area contributed by atoms with Crippen molar-refractivity contribution in [1.82, 2.24) is 20.1 Å². The number of aromatic nitrogens is 4. The highest BCUT2D eigenvalue weighted by Gasteiger charge is 2.52. The number of fused-ring (bicyclic) bond motifs is 3. The van der Waals surface area contributed by atoms with E-state index in [9.17, 15) is 0 Å². The predicted octanol–water partition coefficient (Wildman–Crippen LogP) is 5.86. The van der Waals surface area contributed by atoms with Gasteiger partial charge in [0, 0.05) is 47.2 Å². The van der Waals surface area contributed by atoms with Crippen molar-refractivity contribution in [1.29, 1.82) is 0 Å². The maximum Gasteiger partial charge on any atom is 0.232 e. The van der Waals surface area contributed by atoms with Crippen LogP contribution in [0, 0.1) is 5.41 Å². The molecular weight excluding hydrogens is 460 g/mol. The molecule has 7 nitrogen and oxygen atoms in total. The predicted molar refractivity (Wildman–Crippen MR) is 138 cm³/mol. The molecule has 3 aromatic rings. The lowest BCUT2D eigenvalue weighted by molar-refractivity contribution is 0.0322. The van der Waals surface area contributed by atoms with Crippen molar-refractivity contribution in [3.05, 3.63) is 71.0 Å². The molecule has 35 heavy (non-hydrogen) atoms. The molecule has 2 bridgehead atoms. The van der Waals surface area contributed by atoms with Crippen LogP contribution in [-0.4, -0.2) is 26.7 Å². The summed E-state index contributed by atoms with van der Waals surface area (Å²) in [5.74, 6) is 2.21. The Labute approximate surface area is 211 Å². The van der Waals surface area contributed by atoms with E-state index in [1.54, 1.807) is 18.6 Å². The lowest BCUT2D eigenvalue weighted by atomic mass is 9.53. The molecular formula is C27H33ClN6O. The van der Waals surface area contributed by atoms with E-state index < -0.39 is 0 Å². The SMILES string of the molecule is CC(C)(C)c1noc(C23CCC(CNc4cccc(C(=CN)c5ncc(Cl)cn5)c4)(CC2)CC3)n1. The molecule has 184 valence electrons. The van der Waals surface area contributed by atoms with E-state index >= 15 is 0 Å². The van der Waals surface area contributed by atoms with Crippen molar-refractivity contribution in [2.75, 3.05) is 11.9 Å². The van der Waals surface area contributed by atoms with E-state index in [0.717, 1.165) is 54.3 Å². The van der Waals surface area contributed by atoms with Crippen molar-refractivity contribution in [3.63, 3.8) is 0 Å². The zero-order valence-electron chi connectivity index (χ0n) is 20.6. The van der Waals surface area contributed by atoms with Crippen LogP contribution in [0.2, 0.25) is 5.02 Å². The van der Waals surface area contributed by atoms with Crippen LogP contribution in [-0.2, 0) is 10.8 Å². The van der Waals surface area contributed by atoms with Crippen molar-refractivity contribution >= 4 is 22.9 Å². The van der Waals surface area contributed by atoms with Crippen LogP contribution in [0.25, 0.3) is 5.57 Å². The van der Waals surface area contributed by atoms with Crippen molar-refractivity contribution in [2.45, 2.75) is 70.1 Å². The van der Waals surface area contributed by atoms with Crippen molar-refractivity contribution < 1.29 is 4.52 Å². The van der Waals surface area contributed by atoms with Gasteiger partial charge in [0.1, 0.15) is 0 Å². The fraction of sp³-hybridized carbons (Fsp3) is 0.481. The number of nitrogens with one attached hydrogen (secondary N) is 1. The Morgan fingerprint density at radius 2 is 1.80 bits per heavy atom. The first kappa shape index (κ1) is 23.8. The maximum atomic E-state index is 5.94. The molecule has 0 saturated heterocycles. The minimum atomic E-state index is -0.0947. The number of nitrogens with two attached hydrogens (primary N) is 1. The molecule has 0 spiro atoms. The third-order valence-electron chi connectivity index (χ3n) is 7.82. The van der Waals surface area contributed by atoms with Crippen LogP contribution in [0.15, 0.2) is 47.4 Å². The second-order valence-corrected chi connectivity index (χ2v) is 11.6. The Balaban J connectivity index is 1.25. The Kier molecular flexibility index (Phi) is 6.08. The number of halogens is 1. The molecule has 0 unspecified atom stereocenters. The summed E-state index contributed by atoms with van der Waals surface area (Å²) in [4.78, 5) is 13.5. The Bertz CT molecular complexity index is 1200. The largest absolute Gasteiger partial charge is 0.404 e. The van der Waals surface area contributed by atoms with Crippen molar-refractivity contribution in [2.24, 2.45) is 11.1 Å². The molecule has 3 saturated carbocycles. The van der Waals surface area contributed by atoms with Gasteiger partial charge in [0.25, 0.3) is 0 Å². The molecule has 3 N–H and O–H groups in total. The first-order chi connectivity index (χ1) is 16.7. The fourth-order valence-electron chi connectivity index (χ4n) is 5.43. The summed E-state index contributed by atoms with van der Waals surface area (Å²) < 4.78 is 5.79. The number of anilines is 1. The quantitative estimate of drug-likeness (QED) is 0.444. The highest BCUT2D eigenvalue weighted by Crippen LogP contribution is 2.57. The van der Waals surface area contributed by atoms with Gasteiger partial charge in [0.2, 0.25) is 5.89 Å². The number of hydrogen-bond donors (Lipinski definition) is 2.